The number of nitrogens with one attached hydrogen (secondary N) is 2. The van der Waals surface area contributed by atoms with Gasteiger partial charge in [-0.3, -0.25) is 4.79 Å². The van der Waals surface area contributed by atoms with Gasteiger partial charge in [-0.1, -0.05) is 0 Å². The third-order valence-electron chi connectivity index (χ3n) is 3.34. The Kier molecular flexibility index (Phi) is 4.39. The van der Waals surface area contributed by atoms with Gasteiger partial charge in [-0.05, 0) is 43.2 Å². The lowest BCUT2D eigenvalue weighted by molar-refractivity contribution is -0.118. The summed E-state index contributed by atoms with van der Waals surface area (Å²) >= 11 is 0. The summed E-state index contributed by atoms with van der Waals surface area (Å²) in [5, 5.41) is 16.0. The number of rotatable bonds is 4. The summed E-state index contributed by atoms with van der Waals surface area (Å²) in [6.07, 6.45) is 0. The van der Waals surface area contributed by atoms with E-state index >= 15 is 0 Å². The minimum atomic E-state index is -0.0742. The van der Waals surface area contributed by atoms with Gasteiger partial charge in [0, 0.05) is 25.4 Å². The second-order valence-corrected chi connectivity index (χ2v) is 5.04. The average molecular weight is 282 g/mol. The molecule has 0 aliphatic heterocycles. The molecule has 0 aliphatic carbocycles. The van der Waals surface area contributed by atoms with Crippen LogP contribution >= 0.6 is 0 Å². The van der Waals surface area contributed by atoms with Crippen molar-refractivity contribution in [3.8, 4) is 6.07 Å². The van der Waals surface area contributed by atoms with Crippen LogP contribution in [0.4, 0.5) is 5.82 Å². The molecular weight excluding hydrogens is 264 g/mol. The summed E-state index contributed by atoms with van der Waals surface area (Å²) in [7, 11) is 0. The highest BCUT2D eigenvalue weighted by atomic mass is 16.1. The smallest absolute Gasteiger partial charge is 0.216 e. The number of pyridine rings is 1. The number of carbonyl (C=O) groups is 1. The zero-order valence-electron chi connectivity index (χ0n) is 12.4. The van der Waals surface area contributed by atoms with Crippen LogP contribution in [0.1, 0.15) is 23.6 Å². The first-order valence-corrected chi connectivity index (χ1v) is 6.81. The van der Waals surface area contributed by atoms with E-state index in [1.165, 1.54) is 18.1 Å². The quantitative estimate of drug-likeness (QED) is 0.843. The average Bonchev–Trinajstić information content (AvgIpc) is 2.44. The SMILES string of the molecule is CC(=O)NCCNc1nc2cc(C)c(C)cc2cc1C#N. The lowest BCUT2D eigenvalue weighted by Crippen LogP contribution is -2.26. The van der Waals surface area contributed by atoms with Crippen molar-refractivity contribution < 1.29 is 4.79 Å². The molecule has 108 valence electrons. The lowest BCUT2D eigenvalue weighted by atomic mass is 10.0. The molecule has 0 saturated carbocycles. The summed E-state index contributed by atoms with van der Waals surface area (Å²) in [4.78, 5) is 15.3. The van der Waals surface area contributed by atoms with Gasteiger partial charge in [-0.2, -0.15) is 5.26 Å². The van der Waals surface area contributed by atoms with Crippen LogP contribution in [0.5, 0.6) is 0 Å². The first-order valence-electron chi connectivity index (χ1n) is 6.81. The Balaban J connectivity index is 2.28. The molecule has 1 aromatic heterocycles. The fraction of sp³-hybridized carbons (Fsp3) is 0.312. The number of nitrogens with zero attached hydrogens (tertiary/aromatic N) is 2. The predicted molar refractivity (Wildman–Crippen MR) is 83.1 cm³/mol. The minimum absolute atomic E-state index is 0.0742. The Morgan fingerprint density at radius 3 is 2.62 bits per heavy atom. The molecule has 0 bridgehead atoms. The van der Waals surface area contributed by atoms with Crippen LogP contribution < -0.4 is 10.6 Å². The van der Waals surface area contributed by atoms with Gasteiger partial charge in [0.05, 0.1) is 11.1 Å². The van der Waals surface area contributed by atoms with Crippen LogP contribution in [0.15, 0.2) is 18.2 Å². The van der Waals surface area contributed by atoms with Crippen molar-refractivity contribution in [2.45, 2.75) is 20.8 Å². The van der Waals surface area contributed by atoms with E-state index in [0.717, 1.165) is 10.9 Å². The maximum absolute atomic E-state index is 10.8. The van der Waals surface area contributed by atoms with Crippen molar-refractivity contribution in [1.82, 2.24) is 10.3 Å². The zero-order chi connectivity index (χ0) is 15.4. The van der Waals surface area contributed by atoms with Gasteiger partial charge in [-0.15, -0.1) is 0 Å². The molecule has 5 heteroatoms. The number of hydrogen-bond acceptors (Lipinski definition) is 4. The molecule has 1 amide bonds. The summed E-state index contributed by atoms with van der Waals surface area (Å²) in [5.74, 6) is 0.480. The number of benzene rings is 1. The monoisotopic (exact) mass is 282 g/mol. The van der Waals surface area contributed by atoms with Gasteiger partial charge in [0.25, 0.3) is 0 Å². The molecule has 0 spiro atoms. The molecule has 0 radical (unpaired) electrons. The Labute approximate surface area is 124 Å². The largest absolute Gasteiger partial charge is 0.367 e. The Bertz CT molecular complexity index is 731. The van der Waals surface area contributed by atoms with Gasteiger partial charge >= 0.3 is 0 Å². The maximum Gasteiger partial charge on any atom is 0.216 e. The van der Waals surface area contributed by atoms with Gasteiger partial charge in [-0.25, -0.2) is 4.98 Å². The topological polar surface area (TPSA) is 77.8 Å². The van der Waals surface area contributed by atoms with Crippen molar-refractivity contribution >= 4 is 22.6 Å². The number of anilines is 1. The van der Waals surface area contributed by atoms with Gasteiger partial charge in [0.15, 0.2) is 0 Å². The second kappa shape index (κ2) is 6.23. The normalized spacial score (nSPS) is 10.2. The molecule has 0 unspecified atom stereocenters. The summed E-state index contributed by atoms with van der Waals surface area (Å²) in [5.41, 5.74) is 3.72. The maximum atomic E-state index is 10.8. The Morgan fingerprint density at radius 2 is 1.95 bits per heavy atom. The third-order valence-corrected chi connectivity index (χ3v) is 3.34. The molecule has 0 atom stereocenters. The van der Waals surface area contributed by atoms with Crippen LogP contribution in [0.25, 0.3) is 10.9 Å². The molecule has 2 aromatic rings. The van der Waals surface area contributed by atoms with E-state index in [9.17, 15) is 10.1 Å². The van der Waals surface area contributed by atoms with Crippen molar-refractivity contribution in [3.63, 3.8) is 0 Å². The number of aromatic nitrogens is 1. The molecule has 1 heterocycles. The summed E-state index contributed by atoms with van der Waals surface area (Å²) in [6.45, 7) is 6.57. The number of hydrogen-bond donors (Lipinski definition) is 2. The van der Waals surface area contributed by atoms with E-state index in [1.54, 1.807) is 0 Å². The molecule has 0 saturated heterocycles. The van der Waals surface area contributed by atoms with Gasteiger partial charge < -0.3 is 10.6 Å². The molecule has 2 N–H and O–H groups in total. The van der Waals surface area contributed by atoms with Crippen molar-refractivity contribution in [3.05, 3.63) is 34.9 Å². The highest BCUT2D eigenvalue weighted by Crippen LogP contribution is 2.22. The molecule has 0 fully saturated rings. The fourth-order valence-corrected chi connectivity index (χ4v) is 2.08. The van der Waals surface area contributed by atoms with Crippen LogP contribution in [0, 0.1) is 25.2 Å². The van der Waals surface area contributed by atoms with Crippen LogP contribution in [-0.4, -0.2) is 24.0 Å². The number of nitriles is 1. The van der Waals surface area contributed by atoms with Crippen LogP contribution in [0.3, 0.4) is 0 Å². The van der Waals surface area contributed by atoms with E-state index in [0.29, 0.717) is 24.5 Å². The molecule has 21 heavy (non-hydrogen) atoms. The lowest BCUT2D eigenvalue weighted by Gasteiger charge is -2.10. The number of amides is 1. The van der Waals surface area contributed by atoms with Crippen molar-refractivity contribution in [2.24, 2.45) is 0 Å². The van der Waals surface area contributed by atoms with E-state index < -0.39 is 0 Å². The van der Waals surface area contributed by atoms with Crippen LogP contribution in [-0.2, 0) is 4.79 Å². The summed E-state index contributed by atoms with van der Waals surface area (Å²) < 4.78 is 0. The Morgan fingerprint density at radius 1 is 1.24 bits per heavy atom. The molecule has 1 aromatic carbocycles. The van der Waals surface area contributed by atoms with E-state index in [2.05, 4.69) is 21.7 Å². The number of aryl methyl sites for hydroxylation is 2. The molecule has 0 aliphatic rings. The standard InChI is InChI=1S/C16H18N4O/c1-10-6-13-8-14(9-17)16(19-5-4-18-12(3)21)20-15(13)7-11(10)2/h6-8H,4-5H2,1-3H3,(H,18,21)(H,19,20). The molecular formula is C16H18N4O. The third kappa shape index (κ3) is 3.48. The van der Waals surface area contributed by atoms with E-state index in [4.69, 9.17) is 0 Å². The van der Waals surface area contributed by atoms with Crippen molar-refractivity contribution in [2.75, 3.05) is 18.4 Å². The van der Waals surface area contributed by atoms with Crippen LogP contribution in [0.2, 0.25) is 0 Å². The van der Waals surface area contributed by atoms with E-state index in [-0.39, 0.29) is 5.91 Å². The zero-order valence-corrected chi connectivity index (χ0v) is 12.4. The van der Waals surface area contributed by atoms with E-state index in [1.807, 2.05) is 32.0 Å². The first-order chi connectivity index (χ1) is 10.0. The second-order valence-electron chi connectivity index (χ2n) is 5.04. The predicted octanol–water partition coefficient (Wildman–Crippen LogP) is 2.27. The van der Waals surface area contributed by atoms with Gasteiger partial charge in [0.1, 0.15) is 11.9 Å². The summed E-state index contributed by atoms with van der Waals surface area (Å²) in [6, 6.07) is 8.06. The Hall–Kier alpha value is -2.61. The molecule has 2 rings (SSSR count). The van der Waals surface area contributed by atoms with Gasteiger partial charge in [0.2, 0.25) is 5.91 Å². The number of carbonyl (C=O) groups excluding carboxylic acids is 1. The highest BCUT2D eigenvalue weighted by molar-refractivity contribution is 5.84. The highest BCUT2D eigenvalue weighted by Gasteiger charge is 2.07. The minimum Gasteiger partial charge on any atom is -0.367 e. The first kappa shape index (κ1) is 14.8. The molecule has 5 nitrogen and oxygen atoms in total. The van der Waals surface area contributed by atoms with Crippen molar-refractivity contribution in [1.29, 1.82) is 5.26 Å². The number of fused-ring (bicyclic) bond motifs is 1. The fourth-order valence-electron chi connectivity index (χ4n) is 2.08.